The Morgan fingerprint density at radius 1 is 2.00 bits per heavy atom. The van der Waals surface area contributed by atoms with Crippen LogP contribution < -0.4 is 0 Å². The molecular weight excluding hydrogens is 129 g/mol. The van der Waals surface area contributed by atoms with Crippen molar-refractivity contribution < 1.29 is 14.0 Å². The average molecular weight is 135 g/mol. The molecule has 0 aliphatic rings. The Morgan fingerprint density at radius 3 is 2.62 bits per heavy atom. The second-order valence-corrected chi connectivity index (χ2v) is 1.92. The fraction of sp³-hybridized carbons (Fsp3) is 0.667. The average Bonchev–Trinajstić information content (AvgIpc) is 1.65. The first-order chi connectivity index (χ1) is 3.66. The van der Waals surface area contributed by atoms with Crippen molar-refractivity contribution in [3.63, 3.8) is 0 Å². The number of hydrogen-bond acceptors (Lipinski definition) is 3. The molecule has 4 nitrogen and oxygen atoms in total. The van der Waals surface area contributed by atoms with E-state index in [4.69, 9.17) is 10.2 Å². The monoisotopic (exact) mass is 135 g/mol. The molecule has 0 aliphatic heterocycles. The summed E-state index contributed by atoms with van der Waals surface area (Å²) in [6.07, 6.45) is -0.786. The topological polar surface area (TPSA) is 70.3 Å². The molecule has 2 atom stereocenters. The Hall–Kier alpha value is -0.360. The van der Waals surface area contributed by atoms with E-state index in [9.17, 15) is 4.57 Å². The molecule has 0 rings (SSSR count). The molecule has 0 fully saturated rings. The molecule has 0 aromatic rings. The zero-order valence-electron chi connectivity index (χ0n) is 4.29. The largest absolute Gasteiger partial charge is 0.326 e. The molecule has 0 radical (unpaired) electrons. The van der Waals surface area contributed by atoms with Crippen LogP contribution in [0.4, 0.5) is 0 Å². The van der Waals surface area contributed by atoms with Crippen molar-refractivity contribution in [2.45, 2.75) is 13.0 Å². The molecular formula is C3H6NO3P. The van der Waals surface area contributed by atoms with Gasteiger partial charge in [0.1, 0.15) is 0 Å². The first-order valence-electron chi connectivity index (χ1n) is 1.96. The second kappa shape index (κ2) is 3.62. The van der Waals surface area contributed by atoms with E-state index in [1.165, 1.54) is 6.92 Å². The standard InChI is InChI=1S/C3H6NO3P/c1-3(2-4)7-8(5)6/h3,8H,1H3,(H,5,6). The van der Waals surface area contributed by atoms with E-state index in [0.717, 1.165) is 0 Å². The molecule has 0 spiro atoms. The van der Waals surface area contributed by atoms with E-state index in [0.29, 0.717) is 0 Å². The Kier molecular flexibility index (Phi) is 3.46. The highest BCUT2D eigenvalue weighted by molar-refractivity contribution is 7.32. The van der Waals surface area contributed by atoms with Gasteiger partial charge in [-0.1, -0.05) is 0 Å². The van der Waals surface area contributed by atoms with Crippen LogP contribution in [0.25, 0.3) is 0 Å². The van der Waals surface area contributed by atoms with Gasteiger partial charge in [-0.25, -0.2) is 0 Å². The smallest absolute Gasteiger partial charge is 0.317 e. The molecule has 46 valence electrons. The molecule has 2 unspecified atom stereocenters. The van der Waals surface area contributed by atoms with Crippen LogP contribution in [-0.4, -0.2) is 11.0 Å². The Morgan fingerprint density at radius 2 is 2.50 bits per heavy atom. The molecule has 8 heavy (non-hydrogen) atoms. The molecule has 0 aromatic carbocycles. The number of rotatable bonds is 2. The summed E-state index contributed by atoms with van der Waals surface area (Å²) < 4.78 is 13.9. The quantitative estimate of drug-likeness (QED) is 0.552. The first-order valence-corrected chi connectivity index (χ1v) is 3.22. The Balaban J connectivity index is 3.43. The molecule has 0 bridgehead atoms. The van der Waals surface area contributed by atoms with Crippen LogP contribution in [0.5, 0.6) is 0 Å². The van der Waals surface area contributed by atoms with Crippen molar-refractivity contribution in [1.29, 1.82) is 5.26 Å². The second-order valence-electron chi connectivity index (χ2n) is 1.16. The maximum Gasteiger partial charge on any atom is 0.317 e. The highest BCUT2D eigenvalue weighted by Crippen LogP contribution is 2.16. The minimum atomic E-state index is -2.92. The number of nitrogens with zero attached hydrogens (tertiary/aromatic N) is 1. The lowest BCUT2D eigenvalue weighted by molar-refractivity contribution is 0.250. The summed E-state index contributed by atoms with van der Waals surface area (Å²) in [4.78, 5) is 8.03. The van der Waals surface area contributed by atoms with Crippen LogP contribution in [-0.2, 0) is 9.09 Å². The molecule has 0 aromatic heterocycles. The van der Waals surface area contributed by atoms with E-state index < -0.39 is 14.4 Å². The molecule has 0 heterocycles. The zero-order valence-corrected chi connectivity index (χ0v) is 5.29. The molecule has 0 saturated carbocycles. The molecule has 0 amide bonds. The van der Waals surface area contributed by atoms with Crippen molar-refractivity contribution in [1.82, 2.24) is 0 Å². The van der Waals surface area contributed by atoms with Gasteiger partial charge in [0.2, 0.25) is 0 Å². The lowest BCUT2D eigenvalue weighted by atomic mass is 10.5. The van der Waals surface area contributed by atoms with E-state index >= 15 is 0 Å². The van der Waals surface area contributed by atoms with E-state index in [-0.39, 0.29) is 0 Å². The van der Waals surface area contributed by atoms with Crippen molar-refractivity contribution in [3.05, 3.63) is 0 Å². The minimum Gasteiger partial charge on any atom is -0.326 e. The molecule has 5 heteroatoms. The predicted octanol–water partition coefficient (Wildman–Crippen LogP) is 0.297. The summed E-state index contributed by atoms with van der Waals surface area (Å²) in [6.45, 7) is 1.40. The third-order valence-corrected chi connectivity index (χ3v) is 1.01. The normalized spacial score (nSPS) is 16.6. The van der Waals surface area contributed by atoms with Gasteiger partial charge < -0.3 is 4.89 Å². The third-order valence-electron chi connectivity index (χ3n) is 0.459. The summed E-state index contributed by atoms with van der Waals surface area (Å²) in [6, 6.07) is 1.64. The van der Waals surface area contributed by atoms with Gasteiger partial charge in [0.15, 0.2) is 6.10 Å². The van der Waals surface area contributed by atoms with E-state index in [1.54, 1.807) is 6.07 Å². The fourth-order valence-corrected chi connectivity index (χ4v) is 0.533. The predicted molar refractivity (Wildman–Crippen MR) is 27.4 cm³/mol. The van der Waals surface area contributed by atoms with Crippen molar-refractivity contribution in [2.75, 3.05) is 0 Å². The van der Waals surface area contributed by atoms with Crippen LogP contribution in [0.3, 0.4) is 0 Å². The summed E-state index contributed by atoms with van der Waals surface area (Å²) in [5, 5.41) is 7.97. The third kappa shape index (κ3) is 3.82. The molecule has 0 saturated heterocycles. The molecule has 1 N–H and O–H groups in total. The van der Waals surface area contributed by atoms with Crippen molar-refractivity contribution >= 4 is 8.25 Å². The van der Waals surface area contributed by atoms with Gasteiger partial charge in [0.05, 0.1) is 6.07 Å². The van der Waals surface area contributed by atoms with E-state index in [1.807, 2.05) is 0 Å². The van der Waals surface area contributed by atoms with Gasteiger partial charge in [-0.15, -0.1) is 0 Å². The van der Waals surface area contributed by atoms with Crippen LogP contribution in [0.15, 0.2) is 0 Å². The number of hydrogen-bond donors (Lipinski definition) is 1. The maximum atomic E-state index is 9.78. The highest BCUT2D eigenvalue weighted by atomic mass is 31.1. The lowest BCUT2D eigenvalue weighted by Crippen LogP contribution is -1.96. The van der Waals surface area contributed by atoms with Crippen LogP contribution in [0.2, 0.25) is 0 Å². The van der Waals surface area contributed by atoms with Gasteiger partial charge in [-0.05, 0) is 6.92 Å². The number of nitriles is 1. The first kappa shape index (κ1) is 7.64. The van der Waals surface area contributed by atoms with Gasteiger partial charge in [-0.3, -0.25) is 9.09 Å². The highest BCUT2D eigenvalue weighted by Gasteiger charge is 1.99. The Bertz CT molecular complexity index is 129. The maximum absolute atomic E-state index is 9.78. The Labute approximate surface area is 47.6 Å². The van der Waals surface area contributed by atoms with Crippen LogP contribution in [0, 0.1) is 11.3 Å². The minimum absolute atomic E-state index is 0.786. The van der Waals surface area contributed by atoms with Crippen LogP contribution >= 0.6 is 8.25 Å². The summed E-state index contributed by atoms with van der Waals surface area (Å²) >= 11 is 0. The van der Waals surface area contributed by atoms with Gasteiger partial charge in [-0.2, -0.15) is 5.26 Å². The van der Waals surface area contributed by atoms with Gasteiger partial charge >= 0.3 is 8.25 Å². The summed E-state index contributed by atoms with van der Waals surface area (Å²) in [5.41, 5.74) is 0. The van der Waals surface area contributed by atoms with Crippen molar-refractivity contribution in [2.24, 2.45) is 0 Å². The van der Waals surface area contributed by atoms with Crippen molar-refractivity contribution in [3.8, 4) is 6.07 Å². The summed E-state index contributed by atoms with van der Waals surface area (Å²) in [7, 11) is -2.92. The zero-order chi connectivity index (χ0) is 6.57. The summed E-state index contributed by atoms with van der Waals surface area (Å²) in [5.74, 6) is 0. The lowest BCUT2D eigenvalue weighted by Gasteiger charge is -1.96. The SMILES string of the molecule is CC(C#N)O[PH](=O)O. The molecule has 0 aliphatic carbocycles. The van der Waals surface area contributed by atoms with Gasteiger partial charge in [0.25, 0.3) is 0 Å². The van der Waals surface area contributed by atoms with Crippen LogP contribution in [0.1, 0.15) is 6.92 Å². The fourth-order valence-electron chi connectivity index (χ4n) is 0.178. The van der Waals surface area contributed by atoms with Gasteiger partial charge in [0, 0.05) is 0 Å². The van der Waals surface area contributed by atoms with E-state index in [2.05, 4.69) is 4.52 Å².